The van der Waals surface area contributed by atoms with Crippen LogP contribution >= 0.6 is 27.3 Å². The van der Waals surface area contributed by atoms with Gasteiger partial charge in [0.15, 0.2) is 5.13 Å². The third-order valence-electron chi connectivity index (χ3n) is 2.85. The minimum Gasteiger partial charge on any atom is -0.481 e. The van der Waals surface area contributed by atoms with E-state index in [9.17, 15) is 9.59 Å². The van der Waals surface area contributed by atoms with Gasteiger partial charge in [-0.15, -0.1) is 0 Å². The van der Waals surface area contributed by atoms with E-state index in [0.29, 0.717) is 18.0 Å². The summed E-state index contributed by atoms with van der Waals surface area (Å²) in [6, 6.07) is -0.707. The van der Waals surface area contributed by atoms with Crippen LogP contribution in [0.25, 0.3) is 0 Å². The average molecular weight is 334 g/mol. The number of anilines is 1. The van der Waals surface area contributed by atoms with Gasteiger partial charge in [0.05, 0.1) is 15.9 Å². The van der Waals surface area contributed by atoms with E-state index in [1.807, 2.05) is 0 Å². The molecule has 1 saturated carbocycles. The molecular formula is C10H12BrN3O3S. The van der Waals surface area contributed by atoms with Gasteiger partial charge in [-0.2, -0.15) is 0 Å². The smallest absolute Gasteiger partial charge is 0.321 e. The predicted octanol–water partition coefficient (Wildman–Crippen LogP) is 2.28. The van der Waals surface area contributed by atoms with Gasteiger partial charge in [0.25, 0.3) is 0 Å². The van der Waals surface area contributed by atoms with Crippen molar-refractivity contribution in [2.45, 2.75) is 25.3 Å². The Morgan fingerprint density at radius 3 is 2.89 bits per heavy atom. The van der Waals surface area contributed by atoms with E-state index < -0.39 is 17.9 Å². The summed E-state index contributed by atoms with van der Waals surface area (Å²) in [5, 5.41) is 14.7. The summed E-state index contributed by atoms with van der Waals surface area (Å²) in [6.07, 6.45) is 3.73. The number of halogens is 1. The van der Waals surface area contributed by atoms with Crippen molar-refractivity contribution in [2.75, 3.05) is 5.32 Å². The van der Waals surface area contributed by atoms with Crippen molar-refractivity contribution in [2.24, 2.45) is 5.92 Å². The van der Waals surface area contributed by atoms with Gasteiger partial charge in [0.1, 0.15) is 0 Å². The lowest BCUT2D eigenvalue weighted by Crippen LogP contribution is -2.42. The lowest BCUT2D eigenvalue weighted by Gasteiger charge is -2.17. The van der Waals surface area contributed by atoms with Crippen molar-refractivity contribution in [1.29, 1.82) is 0 Å². The van der Waals surface area contributed by atoms with Gasteiger partial charge in [0.2, 0.25) is 0 Å². The molecule has 0 radical (unpaired) electrons. The second-order valence-electron chi connectivity index (χ2n) is 4.05. The highest BCUT2D eigenvalue weighted by atomic mass is 79.9. The summed E-state index contributed by atoms with van der Waals surface area (Å²) in [7, 11) is 0. The molecule has 8 heteroatoms. The first-order valence-electron chi connectivity index (χ1n) is 5.48. The number of nitrogens with zero attached hydrogens (tertiary/aromatic N) is 1. The highest BCUT2D eigenvalue weighted by molar-refractivity contribution is 9.11. The SMILES string of the molecule is O=C(Nc1ncc(Br)s1)NC1CCCC1C(=O)O. The molecule has 1 heterocycles. The number of hydrogen-bond acceptors (Lipinski definition) is 4. The zero-order valence-corrected chi connectivity index (χ0v) is 11.8. The molecule has 1 fully saturated rings. The molecule has 0 bridgehead atoms. The zero-order chi connectivity index (χ0) is 13.1. The van der Waals surface area contributed by atoms with Crippen LogP contribution in [0.3, 0.4) is 0 Å². The fourth-order valence-electron chi connectivity index (χ4n) is 2.04. The summed E-state index contributed by atoms with van der Waals surface area (Å²) in [5.41, 5.74) is 0. The normalized spacial score (nSPS) is 22.7. The number of carbonyl (C=O) groups is 2. The number of amides is 2. The Kier molecular flexibility index (Phi) is 4.18. The maximum atomic E-state index is 11.7. The molecule has 2 unspecified atom stereocenters. The molecule has 0 aliphatic heterocycles. The van der Waals surface area contributed by atoms with Crippen molar-refractivity contribution >= 4 is 44.4 Å². The van der Waals surface area contributed by atoms with Gasteiger partial charge in [-0.3, -0.25) is 10.1 Å². The van der Waals surface area contributed by atoms with Gasteiger partial charge in [-0.05, 0) is 28.8 Å². The van der Waals surface area contributed by atoms with Crippen molar-refractivity contribution in [3.63, 3.8) is 0 Å². The number of carbonyl (C=O) groups excluding carboxylic acids is 1. The van der Waals surface area contributed by atoms with E-state index >= 15 is 0 Å². The number of carboxylic acid groups (broad SMARTS) is 1. The molecular weight excluding hydrogens is 322 g/mol. The number of thiazole rings is 1. The Labute approximate surface area is 116 Å². The van der Waals surface area contributed by atoms with E-state index in [4.69, 9.17) is 5.11 Å². The Hall–Kier alpha value is -1.15. The predicted molar refractivity (Wildman–Crippen MR) is 70.7 cm³/mol. The van der Waals surface area contributed by atoms with Crippen LogP contribution in [0.1, 0.15) is 19.3 Å². The molecule has 0 spiro atoms. The minimum atomic E-state index is -0.852. The van der Waals surface area contributed by atoms with Crippen LogP contribution in [0.5, 0.6) is 0 Å². The molecule has 18 heavy (non-hydrogen) atoms. The number of nitrogens with one attached hydrogen (secondary N) is 2. The summed E-state index contributed by atoms with van der Waals surface area (Å²) < 4.78 is 0.821. The molecule has 0 aromatic carbocycles. The van der Waals surface area contributed by atoms with Gasteiger partial charge >= 0.3 is 12.0 Å². The fraction of sp³-hybridized carbons (Fsp3) is 0.500. The van der Waals surface area contributed by atoms with Crippen LogP contribution in [0.4, 0.5) is 9.93 Å². The van der Waals surface area contributed by atoms with E-state index in [2.05, 4.69) is 31.5 Å². The Morgan fingerprint density at radius 2 is 2.28 bits per heavy atom. The molecule has 2 atom stereocenters. The summed E-state index contributed by atoms with van der Waals surface area (Å²) in [5.74, 6) is -1.34. The van der Waals surface area contributed by atoms with Crippen molar-refractivity contribution in [1.82, 2.24) is 10.3 Å². The summed E-state index contributed by atoms with van der Waals surface area (Å²) in [6.45, 7) is 0. The molecule has 0 saturated heterocycles. The third kappa shape index (κ3) is 3.20. The van der Waals surface area contributed by atoms with Gasteiger partial charge < -0.3 is 10.4 Å². The van der Waals surface area contributed by atoms with E-state index in [-0.39, 0.29) is 6.04 Å². The van der Waals surface area contributed by atoms with Crippen molar-refractivity contribution in [3.8, 4) is 0 Å². The lowest BCUT2D eigenvalue weighted by molar-refractivity contribution is -0.142. The largest absolute Gasteiger partial charge is 0.481 e. The molecule has 1 aromatic rings. The van der Waals surface area contributed by atoms with E-state index in [1.165, 1.54) is 11.3 Å². The first kappa shape index (κ1) is 13.3. The van der Waals surface area contributed by atoms with E-state index in [1.54, 1.807) is 6.20 Å². The van der Waals surface area contributed by atoms with Crippen LogP contribution in [0.2, 0.25) is 0 Å². The highest BCUT2D eigenvalue weighted by Gasteiger charge is 2.33. The molecule has 1 aliphatic rings. The van der Waals surface area contributed by atoms with Crippen molar-refractivity contribution < 1.29 is 14.7 Å². The lowest BCUT2D eigenvalue weighted by atomic mass is 10.0. The maximum Gasteiger partial charge on any atom is 0.321 e. The number of hydrogen-bond donors (Lipinski definition) is 3. The van der Waals surface area contributed by atoms with Gasteiger partial charge in [-0.25, -0.2) is 9.78 Å². The Bertz CT molecular complexity index is 465. The van der Waals surface area contributed by atoms with Crippen LogP contribution in [0, 0.1) is 5.92 Å². The Balaban J connectivity index is 1.89. The van der Waals surface area contributed by atoms with Crippen LogP contribution in [-0.4, -0.2) is 28.1 Å². The second kappa shape index (κ2) is 5.66. The molecule has 1 aliphatic carbocycles. The zero-order valence-electron chi connectivity index (χ0n) is 9.35. The molecule has 98 valence electrons. The van der Waals surface area contributed by atoms with Crippen molar-refractivity contribution in [3.05, 3.63) is 9.98 Å². The quantitative estimate of drug-likeness (QED) is 0.791. The standard InChI is InChI=1S/C10H12BrN3O3S/c11-7-4-12-10(18-7)14-9(17)13-6-3-1-2-5(6)8(15)16/h4-6H,1-3H2,(H,15,16)(H2,12,13,14,17). The monoisotopic (exact) mass is 333 g/mol. The second-order valence-corrected chi connectivity index (χ2v) is 6.46. The average Bonchev–Trinajstić information content (AvgIpc) is 2.87. The first-order chi connectivity index (χ1) is 8.56. The molecule has 2 amide bonds. The van der Waals surface area contributed by atoms with Gasteiger partial charge in [0, 0.05) is 6.04 Å². The van der Waals surface area contributed by atoms with Gasteiger partial charge in [-0.1, -0.05) is 17.8 Å². The number of carboxylic acids is 1. The minimum absolute atomic E-state index is 0.300. The number of aromatic nitrogens is 1. The fourth-order valence-corrected chi connectivity index (χ4v) is 3.14. The topological polar surface area (TPSA) is 91.3 Å². The molecule has 6 nitrogen and oxygen atoms in total. The maximum absolute atomic E-state index is 11.7. The van der Waals surface area contributed by atoms with E-state index in [0.717, 1.165) is 10.2 Å². The van der Waals surface area contributed by atoms with Crippen LogP contribution < -0.4 is 10.6 Å². The summed E-state index contributed by atoms with van der Waals surface area (Å²) in [4.78, 5) is 26.6. The Morgan fingerprint density at radius 1 is 1.50 bits per heavy atom. The highest BCUT2D eigenvalue weighted by Crippen LogP contribution is 2.26. The number of urea groups is 1. The molecule has 2 rings (SSSR count). The number of aliphatic carboxylic acids is 1. The number of rotatable bonds is 3. The molecule has 1 aromatic heterocycles. The third-order valence-corrected chi connectivity index (χ3v) is 4.24. The first-order valence-corrected chi connectivity index (χ1v) is 7.09. The van der Waals surface area contributed by atoms with Crippen LogP contribution in [0.15, 0.2) is 9.98 Å². The summed E-state index contributed by atoms with van der Waals surface area (Å²) >= 11 is 4.54. The van der Waals surface area contributed by atoms with Crippen LogP contribution in [-0.2, 0) is 4.79 Å². The molecule has 3 N–H and O–H groups in total.